The number of pyridine rings is 1. The number of nitrogens with zero attached hydrogens (tertiary/aromatic N) is 6. The largest absolute Gasteiger partial charge is 0.491 e. The molecule has 0 aliphatic carbocycles. The number of nitriles is 1. The molecule has 0 bridgehead atoms. The molecule has 1 amide bonds. The first kappa shape index (κ1) is 23.6. The first-order chi connectivity index (χ1) is 17.3. The van der Waals surface area contributed by atoms with Gasteiger partial charge in [-0.15, -0.1) is 5.10 Å². The fourth-order valence-corrected chi connectivity index (χ4v) is 4.94. The molecule has 0 spiro atoms. The van der Waals surface area contributed by atoms with Gasteiger partial charge in [-0.3, -0.25) is 9.78 Å². The highest BCUT2D eigenvalue weighted by molar-refractivity contribution is 6.34. The van der Waals surface area contributed by atoms with Gasteiger partial charge in [-0.25, -0.2) is 9.50 Å². The number of anilines is 1. The van der Waals surface area contributed by atoms with Crippen molar-refractivity contribution in [3.05, 3.63) is 70.6 Å². The second kappa shape index (κ2) is 9.13. The summed E-state index contributed by atoms with van der Waals surface area (Å²) in [4.78, 5) is 24.3. The average molecular weight is 502 g/mol. The molecule has 36 heavy (non-hydrogen) atoms. The van der Waals surface area contributed by atoms with Crippen LogP contribution in [-0.2, 0) is 0 Å². The second-order valence-electron chi connectivity index (χ2n) is 9.22. The normalized spacial score (nSPS) is 15.0. The highest BCUT2D eigenvalue weighted by Gasteiger charge is 2.33. The fraction of sp³-hybridized carbons (Fsp3) is 0.269. The van der Waals surface area contributed by atoms with E-state index < -0.39 is 0 Å². The minimum Gasteiger partial charge on any atom is -0.491 e. The summed E-state index contributed by atoms with van der Waals surface area (Å²) in [6.07, 6.45) is 6.51. The van der Waals surface area contributed by atoms with E-state index in [1.54, 1.807) is 30.7 Å². The number of carbonyl (C=O) groups is 1. The van der Waals surface area contributed by atoms with Crippen LogP contribution in [0.2, 0.25) is 5.02 Å². The molecule has 1 aliphatic heterocycles. The molecule has 0 radical (unpaired) electrons. The van der Waals surface area contributed by atoms with Gasteiger partial charge < -0.3 is 15.3 Å². The molecule has 0 atom stereocenters. The van der Waals surface area contributed by atoms with Crippen molar-refractivity contribution >= 4 is 28.8 Å². The maximum absolute atomic E-state index is 13.0. The van der Waals surface area contributed by atoms with Gasteiger partial charge in [0.15, 0.2) is 0 Å². The Balaban J connectivity index is 1.30. The minimum absolute atomic E-state index is 0.0980. The molecule has 5 rings (SSSR count). The molecular weight excluding hydrogens is 478 g/mol. The van der Waals surface area contributed by atoms with E-state index in [0.717, 1.165) is 24.2 Å². The number of nitrogens with one attached hydrogen (secondary N) is 1. The summed E-state index contributed by atoms with van der Waals surface area (Å²) in [5.74, 6) is 0.260. The van der Waals surface area contributed by atoms with Gasteiger partial charge in [0.2, 0.25) is 5.88 Å². The van der Waals surface area contributed by atoms with Crippen LogP contribution in [0.3, 0.4) is 0 Å². The van der Waals surface area contributed by atoms with E-state index in [4.69, 9.17) is 11.6 Å². The predicted molar refractivity (Wildman–Crippen MR) is 136 cm³/mol. The van der Waals surface area contributed by atoms with Crippen molar-refractivity contribution in [1.82, 2.24) is 24.9 Å². The number of benzene rings is 1. The zero-order chi connectivity index (χ0) is 25.4. The van der Waals surface area contributed by atoms with Crippen molar-refractivity contribution in [1.29, 1.82) is 5.26 Å². The molecule has 1 fully saturated rings. The summed E-state index contributed by atoms with van der Waals surface area (Å²) in [5.41, 5.74) is 2.82. The topological polar surface area (TPSA) is 119 Å². The first-order valence-electron chi connectivity index (χ1n) is 11.5. The molecule has 1 saturated heterocycles. The van der Waals surface area contributed by atoms with Crippen LogP contribution >= 0.6 is 11.6 Å². The molecule has 182 valence electrons. The second-order valence-corrected chi connectivity index (χ2v) is 9.63. The SMILES string of the molecule is Cc1cccc(Cl)c1C(=O)NC1(C)CCN(c2cnc(-c3cccn4nc(O)c(C#N)c34)cn2)CC1. The minimum atomic E-state index is -0.361. The molecule has 4 heterocycles. The Labute approximate surface area is 213 Å². The van der Waals surface area contributed by atoms with Crippen LogP contribution in [0, 0.1) is 18.3 Å². The molecule has 1 aromatic carbocycles. The quantitative estimate of drug-likeness (QED) is 0.431. The Hall–Kier alpha value is -4.16. The van der Waals surface area contributed by atoms with Crippen molar-refractivity contribution in [2.45, 2.75) is 32.2 Å². The smallest absolute Gasteiger partial charge is 0.253 e. The van der Waals surface area contributed by atoms with Crippen LogP contribution in [0.5, 0.6) is 5.88 Å². The number of aromatic hydroxyl groups is 1. The van der Waals surface area contributed by atoms with Gasteiger partial charge in [-0.05, 0) is 50.5 Å². The van der Waals surface area contributed by atoms with E-state index in [1.165, 1.54) is 4.52 Å². The summed E-state index contributed by atoms with van der Waals surface area (Å²) in [6, 6.07) is 11.0. The van der Waals surface area contributed by atoms with Gasteiger partial charge >= 0.3 is 0 Å². The van der Waals surface area contributed by atoms with E-state index in [1.807, 2.05) is 31.2 Å². The molecule has 0 unspecified atom stereocenters. The van der Waals surface area contributed by atoms with E-state index >= 15 is 0 Å². The van der Waals surface area contributed by atoms with Gasteiger partial charge in [0.05, 0.1) is 34.2 Å². The summed E-state index contributed by atoms with van der Waals surface area (Å²) < 4.78 is 1.46. The lowest BCUT2D eigenvalue weighted by molar-refractivity contribution is 0.0891. The number of hydrogen-bond acceptors (Lipinski definition) is 7. The van der Waals surface area contributed by atoms with Crippen molar-refractivity contribution < 1.29 is 9.90 Å². The number of fused-ring (bicyclic) bond motifs is 1. The fourth-order valence-electron chi connectivity index (χ4n) is 4.63. The third kappa shape index (κ3) is 4.20. The van der Waals surface area contributed by atoms with E-state index in [9.17, 15) is 15.2 Å². The van der Waals surface area contributed by atoms with Crippen LogP contribution in [0.15, 0.2) is 48.9 Å². The average Bonchev–Trinajstić information content (AvgIpc) is 3.19. The number of carbonyl (C=O) groups excluding carboxylic acids is 1. The lowest BCUT2D eigenvalue weighted by Gasteiger charge is -2.40. The van der Waals surface area contributed by atoms with Crippen LogP contribution < -0.4 is 10.2 Å². The van der Waals surface area contributed by atoms with Crippen molar-refractivity contribution in [3.8, 4) is 23.2 Å². The van der Waals surface area contributed by atoms with Crippen LogP contribution in [0.1, 0.15) is 41.3 Å². The predicted octanol–water partition coefficient (Wildman–Crippen LogP) is 4.12. The highest BCUT2D eigenvalue weighted by Crippen LogP contribution is 2.31. The van der Waals surface area contributed by atoms with Gasteiger partial charge in [0.1, 0.15) is 17.5 Å². The number of aryl methyl sites for hydroxylation is 1. The lowest BCUT2D eigenvalue weighted by atomic mass is 9.89. The number of rotatable bonds is 4. The van der Waals surface area contributed by atoms with Crippen molar-refractivity contribution in [3.63, 3.8) is 0 Å². The van der Waals surface area contributed by atoms with Gasteiger partial charge in [-0.1, -0.05) is 23.7 Å². The van der Waals surface area contributed by atoms with E-state index in [2.05, 4.69) is 32.2 Å². The van der Waals surface area contributed by atoms with Crippen LogP contribution in [0.25, 0.3) is 16.8 Å². The number of piperidine rings is 1. The summed E-state index contributed by atoms with van der Waals surface area (Å²) >= 11 is 6.28. The number of amides is 1. The standard InChI is InChI=1S/C26H24ClN7O2/c1-16-5-3-7-19(27)22(16)25(36)31-26(2)8-11-33(12-9-26)21-15-29-20(14-30-21)17-6-4-10-34-23(17)18(13-28)24(35)32-34/h3-7,10,14-15H,8-9,11-12H2,1-2H3,(H,31,36)(H,32,35). The van der Waals surface area contributed by atoms with E-state index in [-0.39, 0.29) is 22.9 Å². The van der Waals surface area contributed by atoms with Gasteiger partial charge in [0.25, 0.3) is 5.91 Å². The Morgan fingerprint density at radius 3 is 2.64 bits per heavy atom. The molecule has 0 saturated carbocycles. The zero-order valence-corrected chi connectivity index (χ0v) is 20.6. The Morgan fingerprint density at radius 1 is 1.19 bits per heavy atom. The number of halogens is 1. The van der Waals surface area contributed by atoms with Crippen LogP contribution in [0.4, 0.5) is 5.82 Å². The summed E-state index contributed by atoms with van der Waals surface area (Å²) in [6.45, 7) is 5.34. The number of hydrogen-bond donors (Lipinski definition) is 2. The Bertz CT molecular complexity index is 1480. The van der Waals surface area contributed by atoms with Crippen molar-refractivity contribution in [2.24, 2.45) is 0 Å². The maximum Gasteiger partial charge on any atom is 0.253 e. The van der Waals surface area contributed by atoms with Crippen molar-refractivity contribution in [2.75, 3.05) is 18.0 Å². The summed E-state index contributed by atoms with van der Waals surface area (Å²) in [5, 5.41) is 27.0. The summed E-state index contributed by atoms with van der Waals surface area (Å²) in [7, 11) is 0. The van der Waals surface area contributed by atoms with Crippen LogP contribution in [-0.4, -0.2) is 49.2 Å². The molecule has 4 aromatic rings. The molecule has 1 aliphatic rings. The molecular formula is C26H24ClN7O2. The van der Waals surface area contributed by atoms with E-state index in [0.29, 0.717) is 40.4 Å². The number of aromatic nitrogens is 4. The Morgan fingerprint density at radius 2 is 1.97 bits per heavy atom. The monoisotopic (exact) mass is 501 g/mol. The molecule has 2 N–H and O–H groups in total. The third-order valence-corrected chi connectivity index (χ3v) is 7.03. The lowest BCUT2D eigenvalue weighted by Crippen LogP contribution is -2.53. The first-order valence-corrected chi connectivity index (χ1v) is 11.9. The zero-order valence-electron chi connectivity index (χ0n) is 19.9. The molecule has 9 nitrogen and oxygen atoms in total. The maximum atomic E-state index is 13.0. The van der Waals surface area contributed by atoms with Gasteiger partial charge in [0, 0.05) is 30.4 Å². The molecule has 10 heteroatoms. The highest BCUT2D eigenvalue weighted by atomic mass is 35.5. The molecule has 3 aromatic heterocycles. The Kier molecular flexibility index (Phi) is 5.98. The third-order valence-electron chi connectivity index (χ3n) is 6.72. The van der Waals surface area contributed by atoms with Gasteiger partial charge in [-0.2, -0.15) is 5.26 Å².